The number of aromatic hydroxyl groups is 1. The van der Waals surface area contributed by atoms with Crippen LogP contribution in [0.1, 0.15) is 57.1 Å². The summed E-state index contributed by atoms with van der Waals surface area (Å²) in [5.41, 5.74) is 1.62. The number of hydrogen-bond acceptors (Lipinski definition) is 4. The van der Waals surface area contributed by atoms with Gasteiger partial charge in [-0.05, 0) is 42.9 Å². The molecule has 0 bridgehead atoms. The van der Waals surface area contributed by atoms with Crippen molar-refractivity contribution in [3.05, 3.63) is 41.1 Å². The first kappa shape index (κ1) is 18.3. The van der Waals surface area contributed by atoms with Crippen LogP contribution in [0.4, 0.5) is 4.79 Å². The highest BCUT2D eigenvalue weighted by molar-refractivity contribution is 5.95. The molecule has 6 heteroatoms. The largest absolute Gasteiger partial charge is 0.508 e. The van der Waals surface area contributed by atoms with Crippen LogP contribution in [0, 0.1) is 5.92 Å². The zero-order valence-corrected chi connectivity index (χ0v) is 15.1. The van der Waals surface area contributed by atoms with Gasteiger partial charge < -0.3 is 20.5 Å². The van der Waals surface area contributed by atoms with E-state index in [-0.39, 0.29) is 11.8 Å². The van der Waals surface area contributed by atoms with Gasteiger partial charge in [0.05, 0.1) is 18.2 Å². The lowest BCUT2D eigenvalue weighted by Crippen LogP contribution is -2.46. The minimum absolute atomic E-state index is 0.0863. The number of allylic oxidation sites excluding steroid dienone is 1. The molecule has 1 heterocycles. The lowest BCUT2D eigenvalue weighted by Gasteiger charge is -2.30. The first-order chi connectivity index (χ1) is 12.6. The Morgan fingerprint density at radius 2 is 2.04 bits per heavy atom. The van der Waals surface area contributed by atoms with Crippen LogP contribution in [0.25, 0.3) is 0 Å². The number of ether oxygens (including phenoxy) is 1. The van der Waals surface area contributed by atoms with Crippen LogP contribution in [-0.4, -0.2) is 23.7 Å². The van der Waals surface area contributed by atoms with Crippen molar-refractivity contribution in [2.75, 3.05) is 6.61 Å². The summed E-state index contributed by atoms with van der Waals surface area (Å²) in [7, 11) is 0. The molecule has 0 spiro atoms. The van der Waals surface area contributed by atoms with Gasteiger partial charge in [-0.2, -0.15) is 0 Å². The number of carbonyl (C=O) groups is 2. The second-order valence-corrected chi connectivity index (χ2v) is 6.97. The fraction of sp³-hybridized carbons (Fsp3) is 0.500. The van der Waals surface area contributed by atoms with Gasteiger partial charge in [-0.3, -0.25) is 0 Å². The van der Waals surface area contributed by atoms with Gasteiger partial charge in [-0.15, -0.1) is 0 Å². The van der Waals surface area contributed by atoms with Gasteiger partial charge in [-0.25, -0.2) is 9.59 Å². The molecule has 140 valence electrons. The molecule has 1 aromatic rings. The van der Waals surface area contributed by atoms with E-state index in [1.54, 1.807) is 24.3 Å². The van der Waals surface area contributed by atoms with E-state index in [0.29, 0.717) is 35.8 Å². The second kappa shape index (κ2) is 8.25. The normalized spacial score (nSPS) is 21.1. The first-order valence-electron chi connectivity index (χ1n) is 9.35. The highest BCUT2D eigenvalue weighted by Crippen LogP contribution is 2.31. The molecule has 26 heavy (non-hydrogen) atoms. The van der Waals surface area contributed by atoms with Crippen LogP contribution >= 0.6 is 0 Å². The highest BCUT2D eigenvalue weighted by Gasteiger charge is 2.33. The van der Waals surface area contributed by atoms with Crippen LogP contribution in [0.3, 0.4) is 0 Å². The number of benzene rings is 1. The standard InChI is InChI=1S/C20H26N2O4/c1-2-16-17(19(24)26-12-13-7-4-3-5-8-13)18(22-20(25)21-16)14-9-6-10-15(23)11-14/h6,9-11,13,18,23H,2-5,7-8,12H2,1H3,(H2,21,22,25)/t18-/m1/s1. The van der Waals surface area contributed by atoms with Crippen molar-refractivity contribution in [3.8, 4) is 5.75 Å². The molecule has 0 radical (unpaired) electrons. The Balaban J connectivity index is 1.82. The summed E-state index contributed by atoms with van der Waals surface area (Å²) < 4.78 is 5.62. The number of phenolic OH excluding ortho intramolecular Hbond substituents is 1. The average Bonchev–Trinajstić information content (AvgIpc) is 2.66. The number of nitrogens with one attached hydrogen (secondary N) is 2. The third-order valence-electron chi connectivity index (χ3n) is 5.11. The molecule has 1 fully saturated rings. The number of amides is 2. The van der Waals surface area contributed by atoms with Crippen molar-refractivity contribution >= 4 is 12.0 Å². The minimum atomic E-state index is -0.635. The first-order valence-corrected chi connectivity index (χ1v) is 9.35. The summed E-state index contributed by atoms with van der Waals surface area (Å²) in [6, 6.07) is 5.58. The summed E-state index contributed by atoms with van der Waals surface area (Å²) in [5.74, 6) is 0.0975. The van der Waals surface area contributed by atoms with E-state index >= 15 is 0 Å². The summed E-state index contributed by atoms with van der Waals surface area (Å²) in [6.45, 7) is 2.30. The average molecular weight is 358 g/mol. The lowest BCUT2D eigenvalue weighted by atomic mass is 9.90. The molecule has 0 aromatic heterocycles. The van der Waals surface area contributed by atoms with Crippen molar-refractivity contribution < 1.29 is 19.4 Å². The highest BCUT2D eigenvalue weighted by atomic mass is 16.5. The van der Waals surface area contributed by atoms with Gasteiger partial charge in [0.25, 0.3) is 0 Å². The molecule has 1 aliphatic carbocycles. The fourth-order valence-electron chi connectivity index (χ4n) is 3.72. The molecular weight excluding hydrogens is 332 g/mol. The molecule has 1 atom stereocenters. The van der Waals surface area contributed by atoms with E-state index in [1.165, 1.54) is 19.3 Å². The van der Waals surface area contributed by atoms with E-state index in [2.05, 4.69) is 10.6 Å². The summed E-state index contributed by atoms with van der Waals surface area (Å²) >= 11 is 0. The van der Waals surface area contributed by atoms with E-state index in [4.69, 9.17) is 4.74 Å². The molecule has 1 saturated carbocycles. The number of phenols is 1. The topological polar surface area (TPSA) is 87.7 Å². The number of esters is 1. The maximum absolute atomic E-state index is 12.9. The van der Waals surface area contributed by atoms with E-state index in [9.17, 15) is 14.7 Å². The Hall–Kier alpha value is -2.50. The van der Waals surface area contributed by atoms with E-state index in [1.807, 2.05) is 6.92 Å². The van der Waals surface area contributed by atoms with Crippen LogP contribution in [0.5, 0.6) is 5.75 Å². The summed E-state index contributed by atoms with van der Waals surface area (Å²) in [4.78, 5) is 24.9. The van der Waals surface area contributed by atoms with E-state index < -0.39 is 12.0 Å². The van der Waals surface area contributed by atoms with Gasteiger partial charge in [0, 0.05) is 5.70 Å². The van der Waals surface area contributed by atoms with Gasteiger partial charge in [0.1, 0.15) is 5.75 Å². The van der Waals surface area contributed by atoms with Crippen LogP contribution < -0.4 is 10.6 Å². The third-order valence-corrected chi connectivity index (χ3v) is 5.11. The smallest absolute Gasteiger partial charge is 0.338 e. The molecular formula is C20H26N2O4. The fourth-order valence-corrected chi connectivity index (χ4v) is 3.72. The monoisotopic (exact) mass is 358 g/mol. The molecule has 2 amide bonds. The summed E-state index contributed by atoms with van der Waals surface area (Å²) in [5, 5.41) is 15.3. The molecule has 1 aromatic carbocycles. The summed E-state index contributed by atoms with van der Waals surface area (Å²) in [6.07, 6.45) is 6.33. The Morgan fingerprint density at radius 1 is 1.27 bits per heavy atom. The van der Waals surface area contributed by atoms with Crippen molar-refractivity contribution in [2.45, 2.75) is 51.5 Å². The maximum atomic E-state index is 12.9. The lowest BCUT2D eigenvalue weighted by molar-refractivity contribution is -0.141. The molecule has 6 nitrogen and oxygen atoms in total. The molecule has 2 aliphatic rings. The van der Waals surface area contributed by atoms with E-state index in [0.717, 1.165) is 12.8 Å². The van der Waals surface area contributed by atoms with Crippen molar-refractivity contribution in [1.29, 1.82) is 0 Å². The quantitative estimate of drug-likeness (QED) is 0.703. The van der Waals surface area contributed by atoms with Crippen molar-refractivity contribution in [2.24, 2.45) is 5.92 Å². The van der Waals surface area contributed by atoms with Crippen LogP contribution in [-0.2, 0) is 9.53 Å². The number of carbonyl (C=O) groups excluding carboxylic acids is 2. The number of rotatable bonds is 5. The Kier molecular flexibility index (Phi) is 5.81. The van der Waals surface area contributed by atoms with Crippen molar-refractivity contribution in [3.63, 3.8) is 0 Å². The molecule has 1 aliphatic heterocycles. The Labute approximate surface area is 153 Å². The van der Waals surface area contributed by atoms with Crippen LogP contribution in [0.15, 0.2) is 35.5 Å². The zero-order chi connectivity index (χ0) is 18.5. The number of hydrogen-bond donors (Lipinski definition) is 3. The Bertz CT molecular complexity index is 708. The predicted octanol–water partition coefficient (Wildman–Crippen LogP) is 3.53. The molecule has 3 N–H and O–H groups in total. The SMILES string of the molecule is CCC1=C(C(=O)OCC2CCCCC2)[C@@H](c2cccc(O)c2)NC(=O)N1. The second-order valence-electron chi connectivity index (χ2n) is 6.97. The van der Waals surface area contributed by atoms with Gasteiger partial charge in [0.2, 0.25) is 0 Å². The zero-order valence-electron chi connectivity index (χ0n) is 15.1. The predicted molar refractivity (Wildman–Crippen MR) is 97.4 cm³/mol. The number of urea groups is 1. The third kappa shape index (κ3) is 4.18. The van der Waals surface area contributed by atoms with Gasteiger partial charge >= 0.3 is 12.0 Å². The van der Waals surface area contributed by atoms with Crippen LogP contribution in [0.2, 0.25) is 0 Å². The Morgan fingerprint density at radius 3 is 2.73 bits per heavy atom. The van der Waals surface area contributed by atoms with Gasteiger partial charge in [0.15, 0.2) is 0 Å². The minimum Gasteiger partial charge on any atom is -0.508 e. The van der Waals surface area contributed by atoms with Crippen molar-refractivity contribution in [1.82, 2.24) is 10.6 Å². The van der Waals surface area contributed by atoms with Gasteiger partial charge in [-0.1, -0.05) is 38.3 Å². The molecule has 3 rings (SSSR count). The molecule has 0 unspecified atom stereocenters. The maximum Gasteiger partial charge on any atom is 0.338 e. The molecule has 0 saturated heterocycles.